The summed E-state index contributed by atoms with van der Waals surface area (Å²) in [5.41, 5.74) is 6.63. The van der Waals surface area contributed by atoms with E-state index >= 15 is 0 Å². The van der Waals surface area contributed by atoms with Gasteiger partial charge in [0.1, 0.15) is 19.4 Å². The fourth-order valence-electron chi connectivity index (χ4n) is 5.21. The maximum atomic E-state index is 14.6. The van der Waals surface area contributed by atoms with Crippen molar-refractivity contribution in [2.24, 2.45) is 5.73 Å². The number of primary amides is 1. The molecule has 35 heavy (non-hydrogen) atoms. The maximum Gasteiger partial charge on any atom is 0.251 e. The summed E-state index contributed by atoms with van der Waals surface area (Å²) in [5, 5.41) is 0.662. The number of anilines is 1. The van der Waals surface area contributed by atoms with Gasteiger partial charge in [0.2, 0.25) is 0 Å². The SMILES string of the molecule is NC(=O)[C@]1(OC(CCc2cc(F)c3c(c2)OCCO3)N2CCCC2)CCN(c2ccc(Cl)cc2)C1. The topological polar surface area (TPSA) is 77.3 Å². The van der Waals surface area contributed by atoms with Crippen molar-refractivity contribution in [1.29, 1.82) is 0 Å². The van der Waals surface area contributed by atoms with Crippen molar-refractivity contribution in [3.63, 3.8) is 0 Å². The molecule has 0 aliphatic carbocycles. The van der Waals surface area contributed by atoms with Gasteiger partial charge in [-0.2, -0.15) is 0 Å². The highest BCUT2D eigenvalue weighted by Gasteiger charge is 2.47. The normalized spacial score (nSPS) is 23.0. The second-order valence-corrected chi connectivity index (χ2v) is 9.90. The molecule has 2 N–H and O–H groups in total. The number of fused-ring (bicyclic) bond motifs is 1. The van der Waals surface area contributed by atoms with Gasteiger partial charge in [0.05, 0.1) is 6.54 Å². The van der Waals surface area contributed by atoms with Gasteiger partial charge in [0.15, 0.2) is 22.9 Å². The molecule has 3 aliphatic heterocycles. The lowest BCUT2D eigenvalue weighted by atomic mass is 10.0. The van der Waals surface area contributed by atoms with E-state index in [-0.39, 0.29) is 12.0 Å². The van der Waals surface area contributed by atoms with E-state index in [1.165, 1.54) is 6.07 Å². The molecule has 2 atom stereocenters. The highest BCUT2D eigenvalue weighted by molar-refractivity contribution is 6.30. The number of hydrogen-bond donors (Lipinski definition) is 1. The summed E-state index contributed by atoms with van der Waals surface area (Å²) in [4.78, 5) is 17.1. The first-order chi connectivity index (χ1) is 16.9. The van der Waals surface area contributed by atoms with Crippen LogP contribution in [0.25, 0.3) is 0 Å². The Morgan fingerprint density at radius 2 is 1.89 bits per heavy atom. The van der Waals surface area contributed by atoms with Gasteiger partial charge in [-0.25, -0.2) is 4.39 Å². The quantitative estimate of drug-likeness (QED) is 0.591. The van der Waals surface area contributed by atoms with Gasteiger partial charge < -0.3 is 24.8 Å². The summed E-state index contributed by atoms with van der Waals surface area (Å²) >= 11 is 6.04. The minimum Gasteiger partial charge on any atom is -0.486 e. The third kappa shape index (κ3) is 5.20. The number of benzene rings is 2. The van der Waals surface area contributed by atoms with Crippen LogP contribution in [0.15, 0.2) is 36.4 Å². The van der Waals surface area contributed by atoms with Crippen LogP contribution in [0, 0.1) is 5.82 Å². The minimum atomic E-state index is -1.09. The molecule has 0 aromatic heterocycles. The van der Waals surface area contributed by atoms with E-state index in [9.17, 15) is 9.18 Å². The van der Waals surface area contributed by atoms with Crippen LogP contribution in [-0.4, -0.2) is 62.0 Å². The zero-order valence-electron chi connectivity index (χ0n) is 19.7. The van der Waals surface area contributed by atoms with Gasteiger partial charge >= 0.3 is 0 Å². The Balaban J connectivity index is 1.32. The van der Waals surface area contributed by atoms with Crippen LogP contribution in [-0.2, 0) is 16.0 Å². The number of halogens is 2. The molecule has 2 aromatic carbocycles. The number of nitrogens with zero attached hydrogens (tertiary/aromatic N) is 2. The summed E-state index contributed by atoms with van der Waals surface area (Å²) in [7, 11) is 0. The number of carbonyl (C=O) groups is 1. The predicted molar refractivity (Wildman–Crippen MR) is 132 cm³/mol. The summed E-state index contributed by atoms with van der Waals surface area (Å²) in [6.07, 6.45) is 3.55. The first-order valence-corrected chi connectivity index (χ1v) is 12.6. The van der Waals surface area contributed by atoms with Crippen LogP contribution in [0.3, 0.4) is 0 Å². The standard InChI is InChI=1S/C26H31ClFN3O4/c27-19-4-6-20(7-5-19)31-12-9-26(17-31,25(29)32)35-23(30-10-1-2-11-30)8-3-18-15-21(28)24-22(16-18)33-13-14-34-24/h4-7,15-16,23H,1-3,8-14,17H2,(H2,29,32)/t23?,26-/m0/s1. The molecule has 3 aliphatic rings. The number of ether oxygens (including phenoxy) is 3. The van der Waals surface area contributed by atoms with Crippen LogP contribution in [0.5, 0.6) is 11.5 Å². The molecule has 5 rings (SSSR count). The molecule has 0 spiro atoms. The fraction of sp³-hybridized carbons (Fsp3) is 0.500. The Bertz CT molecular complexity index is 1060. The minimum absolute atomic E-state index is 0.174. The van der Waals surface area contributed by atoms with Crippen molar-refractivity contribution in [3.05, 3.63) is 52.8 Å². The van der Waals surface area contributed by atoms with Crippen molar-refractivity contribution in [2.45, 2.75) is 43.9 Å². The average Bonchev–Trinajstić information content (AvgIpc) is 3.54. The number of aryl methyl sites for hydroxylation is 1. The van der Waals surface area contributed by atoms with Crippen molar-refractivity contribution in [1.82, 2.24) is 4.90 Å². The lowest BCUT2D eigenvalue weighted by Crippen LogP contribution is -2.53. The van der Waals surface area contributed by atoms with Gasteiger partial charge in [-0.05, 0) is 67.6 Å². The fourth-order valence-corrected chi connectivity index (χ4v) is 5.34. The van der Waals surface area contributed by atoms with Crippen LogP contribution in [0.4, 0.5) is 10.1 Å². The Morgan fingerprint density at radius 3 is 2.63 bits per heavy atom. The van der Waals surface area contributed by atoms with Crippen molar-refractivity contribution < 1.29 is 23.4 Å². The molecule has 1 amide bonds. The predicted octanol–water partition coefficient (Wildman–Crippen LogP) is 3.76. The Labute approximate surface area is 209 Å². The second-order valence-electron chi connectivity index (χ2n) is 9.46. The molecule has 7 nitrogen and oxygen atoms in total. The third-order valence-corrected chi connectivity index (χ3v) is 7.37. The maximum absolute atomic E-state index is 14.6. The molecule has 0 bridgehead atoms. The molecule has 2 aromatic rings. The highest BCUT2D eigenvalue weighted by atomic mass is 35.5. The first kappa shape index (κ1) is 24.2. The monoisotopic (exact) mass is 503 g/mol. The number of likely N-dealkylation sites (tertiary alicyclic amines) is 1. The van der Waals surface area contributed by atoms with Crippen LogP contribution >= 0.6 is 11.6 Å². The van der Waals surface area contributed by atoms with Gasteiger partial charge in [0.25, 0.3) is 5.91 Å². The molecule has 9 heteroatoms. The van der Waals surface area contributed by atoms with Crippen molar-refractivity contribution in [2.75, 3.05) is 44.3 Å². The Kier molecular flexibility index (Phi) is 7.05. The van der Waals surface area contributed by atoms with E-state index < -0.39 is 17.3 Å². The number of carbonyl (C=O) groups excluding carboxylic acids is 1. The van der Waals surface area contributed by atoms with E-state index in [0.717, 1.165) is 37.2 Å². The van der Waals surface area contributed by atoms with Gasteiger partial charge in [-0.3, -0.25) is 9.69 Å². The number of rotatable bonds is 8. The molecule has 2 fully saturated rings. The largest absolute Gasteiger partial charge is 0.486 e. The van der Waals surface area contributed by atoms with Gasteiger partial charge in [0, 0.05) is 36.8 Å². The Hall–Kier alpha value is -2.55. The molecular formula is C26H31ClFN3O4. The number of amides is 1. The van der Waals surface area contributed by atoms with E-state index in [2.05, 4.69) is 9.80 Å². The molecule has 2 saturated heterocycles. The second kappa shape index (κ2) is 10.2. The van der Waals surface area contributed by atoms with Crippen LogP contribution < -0.4 is 20.1 Å². The number of nitrogens with two attached hydrogens (primary N) is 1. The van der Waals surface area contributed by atoms with Gasteiger partial charge in [-0.1, -0.05) is 11.6 Å². The van der Waals surface area contributed by atoms with E-state index in [0.29, 0.717) is 56.3 Å². The lowest BCUT2D eigenvalue weighted by molar-refractivity contribution is -0.167. The molecule has 1 unspecified atom stereocenters. The van der Waals surface area contributed by atoms with E-state index in [4.69, 9.17) is 31.5 Å². The molecule has 188 valence electrons. The highest BCUT2D eigenvalue weighted by Crippen LogP contribution is 2.36. The van der Waals surface area contributed by atoms with Crippen molar-refractivity contribution >= 4 is 23.2 Å². The zero-order chi connectivity index (χ0) is 24.4. The molecular weight excluding hydrogens is 473 g/mol. The van der Waals surface area contributed by atoms with E-state index in [1.54, 1.807) is 0 Å². The summed E-state index contributed by atoms with van der Waals surface area (Å²) < 4.78 is 32.2. The van der Waals surface area contributed by atoms with Crippen molar-refractivity contribution in [3.8, 4) is 11.5 Å². The summed E-state index contributed by atoms with van der Waals surface area (Å²) in [5.74, 6) is -0.261. The summed E-state index contributed by atoms with van der Waals surface area (Å²) in [6.45, 7) is 3.58. The van der Waals surface area contributed by atoms with E-state index in [1.807, 2.05) is 30.3 Å². The molecule has 3 heterocycles. The third-order valence-electron chi connectivity index (χ3n) is 7.12. The summed E-state index contributed by atoms with van der Waals surface area (Å²) in [6, 6.07) is 10.9. The van der Waals surface area contributed by atoms with Crippen LogP contribution in [0.1, 0.15) is 31.2 Å². The van der Waals surface area contributed by atoms with Gasteiger partial charge in [-0.15, -0.1) is 0 Å². The first-order valence-electron chi connectivity index (χ1n) is 12.2. The average molecular weight is 504 g/mol. The zero-order valence-corrected chi connectivity index (χ0v) is 20.4. The van der Waals surface area contributed by atoms with Crippen LogP contribution in [0.2, 0.25) is 5.02 Å². The Morgan fingerprint density at radius 1 is 1.14 bits per heavy atom. The smallest absolute Gasteiger partial charge is 0.251 e. The lowest BCUT2D eigenvalue weighted by Gasteiger charge is -2.36. The molecule has 0 saturated carbocycles. The molecule has 0 radical (unpaired) electrons. The number of hydrogen-bond acceptors (Lipinski definition) is 6.